The number of para-hydroxylation sites is 2. The van der Waals surface area contributed by atoms with E-state index in [-0.39, 0.29) is 0 Å². The molecule has 0 atom stereocenters. The summed E-state index contributed by atoms with van der Waals surface area (Å²) in [5.74, 6) is 1.67. The Balaban J connectivity index is 1.13. The number of hydrogen-bond acceptors (Lipinski definition) is 3. The SMILES string of the molecule is c1ccc(-c2ccc(N(c3ccc(-c4ccccc4)cc3)c3cccc4c3-c3cccc5cc(N(c6ccccc6)c6ccccc6)cc(c35)O4)cc2)cc1. The molecule has 9 aromatic carbocycles. The molecule has 3 heteroatoms. The van der Waals surface area contributed by atoms with Gasteiger partial charge in [0.25, 0.3) is 0 Å². The van der Waals surface area contributed by atoms with Crippen molar-refractivity contribution < 1.29 is 4.74 Å². The largest absolute Gasteiger partial charge is 0.456 e. The van der Waals surface area contributed by atoms with Crippen molar-refractivity contribution in [1.29, 1.82) is 0 Å². The number of hydrogen-bond donors (Lipinski definition) is 0. The van der Waals surface area contributed by atoms with Crippen LogP contribution in [-0.2, 0) is 0 Å². The zero-order valence-electron chi connectivity index (χ0n) is 30.1. The predicted octanol–water partition coefficient (Wildman–Crippen LogP) is 14.9. The summed E-state index contributed by atoms with van der Waals surface area (Å²) in [5.41, 5.74) is 13.3. The van der Waals surface area contributed by atoms with Crippen LogP contribution in [0.1, 0.15) is 0 Å². The average molecular weight is 705 g/mol. The van der Waals surface area contributed by atoms with Gasteiger partial charge in [0.1, 0.15) is 11.5 Å². The summed E-state index contributed by atoms with van der Waals surface area (Å²) in [6.45, 7) is 0. The van der Waals surface area contributed by atoms with Crippen LogP contribution in [0.4, 0.5) is 34.1 Å². The average Bonchev–Trinajstić information content (AvgIpc) is 3.26. The first-order valence-electron chi connectivity index (χ1n) is 18.7. The lowest BCUT2D eigenvalue weighted by molar-refractivity contribution is 0.487. The lowest BCUT2D eigenvalue weighted by Gasteiger charge is -2.32. The van der Waals surface area contributed by atoms with Crippen molar-refractivity contribution in [3.05, 3.63) is 218 Å². The fraction of sp³-hybridized carbons (Fsp3) is 0. The van der Waals surface area contributed by atoms with Gasteiger partial charge in [0.2, 0.25) is 0 Å². The Morgan fingerprint density at radius 3 is 1.33 bits per heavy atom. The van der Waals surface area contributed by atoms with Crippen molar-refractivity contribution in [2.45, 2.75) is 0 Å². The summed E-state index contributed by atoms with van der Waals surface area (Å²) in [7, 11) is 0. The molecule has 0 saturated carbocycles. The third-order valence-electron chi connectivity index (χ3n) is 10.4. The van der Waals surface area contributed by atoms with Crippen LogP contribution in [0.5, 0.6) is 11.5 Å². The number of ether oxygens (including phenoxy) is 1. The highest BCUT2D eigenvalue weighted by Crippen LogP contribution is 2.54. The lowest BCUT2D eigenvalue weighted by Crippen LogP contribution is -2.13. The van der Waals surface area contributed by atoms with Crippen molar-refractivity contribution in [2.75, 3.05) is 9.80 Å². The Hall–Kier alpha value is -7.36. The van der Waals surface area contributed by atoms with E-state index in [4.69, 9.17) is 4.74 Å². The molecule has 1 aliphatic heterocycles. The molecule has 3 nitrogen and oxygen atoms in total. The molecule has 0 aromatic heterocycles. The molecule has 0 saturated heterocycles. The molecule has 1 aliphatic rings. The van der Waals surface area contributed by atoms with Gasteiger partial charge in [0.05, 0.1) is 11.4 Å². The van der Waals surface area contributed by atoms with Gasteiger partial charge in [-0.05, 0) is 99.9 Å². The van der Waals surface area contributed by atoms with Crippen LogP contribution in [0.3, 0.4) is 0 Å². The van der Waals surface area contributed by atoms with Crippen LogP contribution >= 0.6 is 0 Å². The fourth-order valence-corrected chi connectivity index (χ4v) is 7.87. The van der Waals surface area contributed by atoms with E-state index in [2.05, 4.69) is 228 Å². The quantitative estimate of drug-likeness (QED) is 0.157. The molecule has 0 N–H and O–H groups in total. The maximum Gasteiger partial charge on any atom is 0.138 e. The van der Waals surface area contributed by atoms with Gasteiger partial charge in [-0.3, -0.25) is 0 Å². The van der Waals surface area contributed by atoms with Crippen molar-refractivity contribution in [1.82, 2.24) is 0 Å². The van der Waals surface area contributed by atoms with E-state index in [1.165, 1.54) is 22.3 Å². The molecule has 0 radical (unpaired) electrons. The van der Waals surface area contributed by atoms with Gasteiger partial charge in [-0.2, -0.15) is 0 Å². The van der Waals surface area contributed by atoms with Crippen LogP contribution in [0.2, 0.25) is 0 Å². The van der Waals surface area contributed by atoms with E-state index >= 15 is 0 Å². The van der Waals surface area contributed by atoms with Gasteiger partial charge in [-0.15, -0.1) is 0 Å². The van der Waals surface area contributed by atoms with Crippen molar-refractivity contribution in [3.8, 4) is 44.9 Å². The van der Waals surface area contributed by atoms with E-state index in [1.807, 2.05) is 0 Å². The number of fused-ring (bicyclic) bond motifs is 2. The van der Waals surface area contributed by atoms with Crippen molar-refractivity contribution in [2.24, 2.45) is 0 Å². The smallest absolute Gasteiger partial charge is 0.138 e. The van der Waals surface area contributed by atoms with Crippen molar-refractivity contribution in [3.63, 3.8) is 0 Å². The molecule has 55 heavy (non-hydrogen) atoms. The van der Waals surface area contributed by atoms with E-state index in [9.17, 15) is 0 Å². The summed E-state index contributed by atoms with van der Waals surface area (Å²) < 4.78 is 6.98. The third-order valence-corrected chi connectivity index (χ3v) is 10.4. The van der Waals surface area contributed by atoms with Gasteiger partial charge in [0.15, 0.2) is 0 Å². The van der Waals surface area contributed by atoms with Gasteiger partial charge < -0.3 is 14.5 Å². The Kier molecular flexibility index (Phi) is 8.16. The minimum absolute atomic E-state index is 0.826. The first kappa shape index (κ1) is 32.3. The molecule has 9 aromatic rings. The van der Waals surface area contributed by atoms with Crippen LogP contribution in [-0.4, -0.2) is 0 Å². The van der Waals surface area contributed by atoms with Crippen LogP contribution in [0.15, 0.2) is 218 Å². The summed E-state index contributed by atoms with van der Waals surface area (Å²) >= 11 is 0. The summed E-state index contributed by atoms with van der Waals surface area (Å²) in [6, 6.07) is 77.3. The predicted molar refractivity (Wildman–Crippen MR) is 230 cm³/mol. The van der Waals surface area contributed by atoms with Crippen LogP contribution in [0, 0.1) is 0 Å². The van der Waals surface area contributed by atoms with Gasteiger partial charge >= 0.3 is 0 Å². The summed E-state index contributed by atoms with van der Waals surface area (Å²) in [6.07, 6.45) is 0. The van der Waals surface area contributed by atoms with Crippen LogP contribution < -0.4 is 14.5 Å². The van der Waals surface area contributed by atoms with Gasteiger partial charge in [0, 0.05) is 39.8 Å². The Morgan fingerprint density at radius 1 is 0.309 bits per heavy atom. The topological polar surface area (TPSA) is 15.7 Å². The molecule has 0 unspecified atom stereocenters. The highest BCUT2D eigenvalue weighted by molar-refractivity contribution is 6.09. The van der Waals surface area contributed by atoms with Crippen molar-refractivity contribution >= 4 is 44.9 Å². The second-order valence-corrected chi connectivity index (χ2v) is 13.8. The maximum absolute atomic E-state index is 6.98. The highest BCUT2D eigenvalue weighted by atomic mass is 16.5. The zero-order chi connectivity index (χ0) is 36.6. The Labute approximate surface area is 321 Å². The molecule has 0 bridgehead atoms. The fourth-order valence-electron chi connectivity index (χ4n) is 7.87. The molecule has 1 heterocycles. The number of nitrogens with zero attached hydrogens (tertiary/aromatic N) is 2. The summed E-state index contributed by atoms with van der Waals surface area (Å²) in [5, 5.41) is 2.22. The van der Waals surface area contributed by atoms with Crippen LogP contribution in [0.25, 0.3) is 44.2 Å². The van der Waals surface area contributed by atoms with E-state index in [1.54, 1.807) is 0 Å². The highest BCUT2D eigenvalue weighted by Gasteiger charge is 2.28. The molecular formula is C52H36N2O. The molecule has 0 fully saturated rings. The molecule has 10 rings (SSSR count). The normalized spacial score (nSPS) is 11.4. The second kappa shape index (κ2) is 13.9. The molecule has 0 spiro atoms. The molecule has 260 valence electrons. The maximum atomic E-state index is 6.98. The van der Waals surface area contributed by atoms with E-state index in [0.29, 0.717) is 0 Å². The third kappa shape index (κ3) is 5.98. The Morgan fingerprint density at radius 2 is 0.782 bits per heavy atom. The van der Waals surface area contributed by atoms with Gasteiger partial charge in [-0.25, -0.2) is 0 Å². The first-order valence-corrected chi connectivity index (χ1v) is 18.7. The summed E-state index contributed by atoms with van der Waals surface area (Å²) in [4.78, 5) is 4.65. The molecule has 0 aliphatic carbocycles. The Bertz CT molecular complexity index is 2630. The standard InChI is InChI=1S/C52H36N2O/c1-5-15-37(16-6-1)39-27-31-44(32-28-39)54(45-33-29-40(30-34-45)38-17-7-2-8-18-38)48-25-14-26-49-52(48)47-24-13-19-41-35-46(36-50(55-49)51(41)47)53(42-20-9-3-10-21-42)43-22-11-4-12-23-43/h1-36H. The number of benzene rings is 9. The lowest BCUT2D eigenvalue weighted by atomic mass is 9.92. The zero-order valence-corrected chi connectivity index (χ0v) is 30.1. The van der Waals surface area contributed by atoms with E-state index in [0.717, 1.165) is 67.5 Å². The minimum Gasteiger partial charge on any atom is -0.456 e. The molecule has 0 amide bonds. The van der Waals surface area contributed by atoms with E-state index < -0.39 is 0 Å². The molecular weight excluding hydrogens is 669 g/mol. The minimum atomic E-state index is 0.826. The monoisotopic (exact) mass is 704 g/mol. The first-order chi connectivity index (χ1) is 27.3. The number of anilines is 6. The second-order valence-electron chi connectivity index (χ2n) is 13.8. The number of rotatable bonds is 8. The van der Waals surface area contributed by atoms with Gasteiger partial charge in [-0.1, -0.05) is 146 Å².